The first-order chi connectivity index (χ1) is 8.58. The van der Waals surface area contributed by atoms with E-state index >= 15 is 0 Å². The van der Waals surface area contributed by atoms with Crippen molar-refractivity contribution in [1.29, 1.82) is 5.26 Å². The van der Waals surface area contributed by atoms with Crippen molar-refractivity contribution in [2.24, 2.45) is 7.05 Å². The lowest BCUT2D eigenvalue weighted by Gasteiger charge is -2.05. The molecule has 0 aliphatic heterocycles. The molecule has 1 heterocycles. The summed E-state index contributed by atoms with van der Waals surface area (Å²) in [5.74, 6) is 0. The Hall–Kier alpha value is -2.07. The van der Waals surface area contributed by atoms with Crippen LogP contribution in [0.5, 0.6) is 6.01 Å². The molecular weight excluding hydrogens is 300 g/mol. The minimum Gasteiger partial charge on any atom is -0.467 e. The summed E-state index contributed by atoms with van der Waals surface area (Å²) in [6.07, 6.45) is 0. The number of nitriles is 1. The summed E-state index contributed by atoms with van der Waals surface area (Å²) >= 11 is 3.26. The number of aromatic nitrogens is 3. The highest BCUT2D eigenvalue weighted by Gasteiger charge is 2.14. The molecular formula is C11H9BrN4O2. The van der Waals surface area contributed by atoms with Gasteiger partial charge in [0.2, 0.25) is 0 Å². The molecule has 0 N–H and O–H groups in total. The van der Waals surface area contributed by atoms with Crippen LogP contribution in [0, 0.1) is 11.3 Å². The normalized spacial score (nSPS) is 10.1. The molecule has 0 aliphatic rings. The van der Waals surface area contributed by atoms with Crippen LogP contribution < -0.4 is 10.4 Å². The molecule has 0 atom stereocenters. The van der Waals surface area contributed by atoms with Gasteiger partial charge in [-0.15, -0.1) is 5.10 Å². The molecule has 0 radical (unpaired) electrons. The first-order valence-electron chi connectivity index (χ1n) is 4.98. The fourth-order valence-electron chi connectivity index (χ4n) is 1.53. The van der Waals surface area contributed by atoms with Crippen molar-refractivity contribution >= 4 is 15.9 Å². The third-order valence-corrected chi connectivity index (χ3v) is 3.10. The van der Waals surface area contributed by atoms with Crippen molar-refractivity contribution in [2.45, 2.75) is 0 Å². The number of methoxy groups -OCH3 is 1. The number of nitrogens with zero attached hydrogens (tertiary/aromatic N) is 4. The second kappa shape index (κ2) is 4.66. The van der Waals surface area contributed by atoms with Crippen LogP contribution in [0.4, 0.5) is 0 Å². The molecule has 2 aromatic rings. The van der Waals surface area contributed by atoms with Crippen LogP contribution in [0.25, 0.3) is 5.69 Å². The monoisotopic (exact) mass is 308 g/mol. The summed E-state index contributed by atoms with van der Waals surface area (Å²) in [7, 11) is 2.97. The summed E-state index contributed by atoms with van der Waals surface area (Å²) in [6.45, 7) is 0. The van der Waals surface area contributed by atoms with Crippen LogP contribution in [0.15, 0.2) is 27.5 Å². The SMILES string of the molecule is COc1nn(C)c(=O)n1-c1ccc(Br)c(C#N)c1. The minimum absolute atomic E-state index is 0.175. The average Bonchev–Trinajstić information content (AvgIpc) is 2.66. The third-order valence-electron chi connectivity index (χ3n) is 2.41. The van der Waals surface area contributed by atoms with E-state index in [0.717, 1.165) is 0 Å². The minimum atomic E-state index is -0.335. The Balaban J connectivity index is 2.70. The number of rotatable bonds is 2. The van der Waals surface area contributed by atoms with Gasteiger partial charge in [0.05, 0.1) is 18.4 Å². The topological polar surface area (TPSA) is 72.8 Å². The molecule has 0 bridgehead atoms. The van der Waals surface area contributed by atoms with Crippen molar-refractivity contribution in [3.8, 4) is 17.8 Å². The fraction of sp³-hybridized carbons (Fsp3) is 0.182. The smallest absolute Gasteiger partial charge is 0.353 e. The lowest BCUT2D eigenvalue weighted by Crippen LogP contribution is -2.21. The van der Waals surface area contributed by atoms with Gasteiger partial charge in [0.25, 0.3) is 0 Å². The van der Waals surface area contributed by atoms with Crippen molar-refractivity contribution < 1.29 is 4.74 Å². The van der Waals surface area contributed by atoms with Crippen LogP contribution in [-0.2, 0) is 7.05 Å². The largest absolute Gasteiger partial charge is 0.467 e. The van der Waals surface area contributed by atoms with Gasteiger partial charge in [-0.3, -0.25) is 0 Å². The second-order valence-electron chi connectivity index (χ2n) is 3.50. The number of hydrogen-bond donors (Lipinski definition) is 0. The van der Waals surface area contributed by atoms with Gasteiger partial charge in [0, 0.05) is 11.5 Å². The molecule has 1 aromatic carbocycles. The molecule has 0 amide bonds. The Kier molecular flexibility index (Phi) is 3.21. The van der Waals surface area contributed by atoms with Gasteiger partial charge < -0.3 is 4.74 Å². The molecule has 6 nitrogen and oxygen atoms in total. The molecule has 7 heteroatoms. The maximum atomic E-state index is 11.9. The zero-order chi connectivity index (χ0) is 13.3. The molecule has 0 saturated carbocycles. The first-order valence-corrected chi connectivity index (χ1v) is 5.78. The van der Waals surface area contributed by atoms with E-state index in [-0.39, 0.29) is 11.7 Å². The predicted octanol–water partition coefficient (Wildman–Crippen LogP) is 1.21. The highest BCUT2D eigenvalue weighted by Crippen LogP contribution is 2.21. The van der Waals surface area contributed by atoms with E-state index in [1.165, 1.54) is 23.4 Å². The summed E-state index contributed by atoms with van der Waals surface area (Å²) < 4.78 is 8.18. The number of hydrogen-bond acceptors (Lipinski definition) is 4. The summed E-state index contributed by atoms with van der Waals surface area (Å²) in [6, 6.07) is 7.21. The molecule has 0 saturated heterocycles. The zero-order valence-corrected chi connectivity index (χ0v) is 11.3. The standard InChI is InChI=1S/C11H9BrN4O2/c1-15-11(17)16(10(14-15)18-2)8-3-4-9(12)7(5-8)6-13/h3-5H,1-2H3. The molecule has 92 valence electrons. The van der Waals surface area contributed by atoms with Gasteiger partial charge in [-0.25, -0.2) is 14.0 Å². The highest BCUT2D eigenvalue weighted by molar-refractivity contribution is 9.10. The van der Waals surface area contributed by atoms with E-state index in [0.29, 0.717) is 15.7 Å². The Morgan fingerprint density at radius 3 is 2.83 bits per heavy atom. The summed E-state index contributed by atoms with van der Waals surface area (Å²) in [4.78, 5) is 11.9. The van der Waals surface area contributed by atoms with E-state index in [1.807, 2.05) is 6.07 Å². The molecule has 0 unspecified atom stereocenters. The first kappa shape index (κ1) is 12.4. The Morgan fingerprint density at radius 2 is 2.22 bits per heavy atom. The number of ether oxygens (including phenoxy) is 1. The maximum Gasteiger partial charge on any atom is 0.353 e. The van der Waals surface area contributed by atoms with Crippen molar-refractivity contribution in [3.05, 3.63) is 38.7 Å². The molecule has 0 aliphatic carbocycles. The molecule has 0 spiro atoms. The van der Waals surface area contributed by atoms with Gasteiger partial charge >= 0.3 is 11.7 Å². The van der Waals surface area contributed by atoms with Crippen LogP contribution in [0.3, 0.4) is 0 Å². The van der Waals surface area contributed by atoms with E-state index < -0.39 is 0 Å². The van der Waals surface area contributed by atoms with Crippen LogP contribution >= 0.6 is 15.9 Å². The van der Waals surface area contributed by atoms with Gasteiger partial charge in [0.1, 0.15) is 6.07 Å². The number of halogens is 1. The third kappa shape index (κ3) is 1.91. The highest BCUT2D eigenvalue weighted by atomic mass is 79.9. The van der Waals surface area contributed by atoms with Crippen molar-refractivity contribution in [2.75, 3.05) is 7.11 Å². The van der Waals surface area contributed by atoms with Crippen LogP contribution in [0.1, 0.15) is 5.56 Å². The predicted molar refractivity (Wildman–Crippen MR) is 67.8 cm³/mol. The molecule has 2 rings (SSSR count). The molecule has 18 heavy (non-hydrogen) atoms. The van der Waals surface area contributed by atoms with Gasteiger partial charge in [-0.2, -0.15) is 5.26 Å². The van der Waals surface area contributed by atoms with Gasteiger partial charge in [-0.05, 0) is 34.1 Å². The number of benzene rings is 1. The zero-order valence-electron chi connectivity index (χ0n) is 9.72. The Morgan fingerprint density at radius 1 is 1.50 bits per heavy atom. The van der Waals surface area contributed by atoms with E-state index in [2.05, 4.69) is 21.0 Å². The maximum absolute atomic E-state index is 11.9. The quantitative estimate of drug-likeness (QED) is 0.836. The lowest BCUT2D eigenvalue weighted by atomic mass is 10.2. The fourth-order valence-corrected chi connectivity index (χ4v) is 1.87. The lowest BCUT2D eigenvalue weighted by molar-refractivity contribution is 0.368. The van der Waals surface area contributed by atoms with Crippen LogP contribution in [-0.4, -0.2) is 21.5 Å². The molecule has 1 aromatic heterocycles. The summed E-state index contributed by atoms with van der Waals surface area (Å²) in [5.41, 5.74) is 0.632. The van der Waals surface area contributed by atoms with Crippen LogP contribution in [0.2, 0.25) is 0 Å². The average molecular weight is 309 g/mol. The number of aryl methyl sites for hydroxylation is 1. The van der Waals surface area contributed by atoms with Gasteiger partial charge in [0.15, 0.2) is 0 Å². The summed E-state index contributed by atoms with van der Waals surface area (Å²) in [5, 5.41) is 12.9. The van der Waals surface area contributed by atoms with Crippen molar-refractivity contribution in [3.63, 3.8) is 0 Å². The Bertz CT molecular complexity index is 696. The van der Waals surface area contributed by atoms with E-state index in [1.54, 1.807) is 18.2 Å². The Labute approximate surface area is 111 Å². The second-order valence-corrected chi connectivity index (χ2v) is 4.36. The molecule has 0 fully saturated rings. The van der Waals surface area contributed by atoms with Gasteiger partial charge in [-0.1, -0.05) is 0 Å². The van der Waals surface area contributed by atoms with E-state index in [4.69, 9.17) is 10.00 Å². The van der Waals surface area contributed by atoms with Crippen molar-refractivity contribution in [1.82, 2.24) is 14.3 Å². The van der Waals surface area contributed by atoms with E-state index in [9.17, 15) is 4.79 Å².